The summed E-state index contributed by atoms with van der Waals surface area (Å²) in [5, 5.41) is 7.72. The van der Waals surface area contributed by atoms with Gasteiger partial charge in [-0.2, -0.15) is 0 Å². The van der Waals surface area contributed by atoms with Crippen molar-refractivity contribution in [1.29, 1.82) is 0 Å². The highest BCUT2D eigenvalue weighted by Crippen LogP contribution is 2.43. The van der Waals surface area contributed by atoms with Crippen LogP contribution in [0.15, 0.2) is 42.7 Å². The number of para-hydroxylation sites is 1. The van der Waals surface area contributed by atoms with Crippen LogP contribution in [0.4, 0.5) is 27.3 Å². The molecule has 0 atom stereocenters. The number of anilines is 4. The van der Waals surface area contributed by atoms with Gasteiger partial charge in [-0.1, -0.05) is 12.1 Å². The Hall–Kier alpha value is -4.01. The Morgan fingerprint density at radius 2 is 2.06 bits per heavy atom. The monoisotopic (exact) mass is 451 g/mol. The van der Waals surface area contributed by atoms with Gasteiger partial charge in [0, 0.05) is 53.9 Å². The molecule has 0 saturated heterocycles. The predicted octanol–water partition coefficient (Wildman–Crippen LogP) is 3.68. The second kappa shape index (κ2) is 8.16. The number of rotatable bonds is 5. The van der Waals surface area contributed by atoms with Crippen molar-refractivity contribution in [1.82, 2.24) is 15.3 Å². The van der Waals surface area contributed by atoms with Gasteiger partial charge in [-0.15, -0.1) is 0 Å². The molecule has 2 aromatic heterocycles. The van der Waals surface area contributed by atoms with Gasteiger partial charge >= 0.3 is 0 Å². The van der Waals surface area contributed by atoms with E-state index in [0.29, 0.717) is 16.9 Å². The molecule has 1 fully saturated rings. The number of carbonyl (C=O) groups is 2. The molecule has 168 valence electrons. The van der Waals surface area contributed by atoms with Gasteiger partial charge in [0.05, 0.1) is 37.3 Å². The van der Waals surface area contributed by atoms with Crippen LogP contribution in [0.1, 0.15) is 35.6 Å². The van der Waals surface area contributed by atoms with E-state index < -0.39 is 25.2 Å². The van der Waals surface area contributed by atoms with Crippen LogP contribution in [0, 0.1) is 11.7 Å². The molecule has 9 heteroatoms. The van der Waals surface area contributed by atoms with Crippen LogP contribution in [0.2, 0.25) is 0 Å². The zero-order valence-corrected chi connectivity index (χ0v) is 17.6. The molecule has 2 amide bonds. The maximum atomic E-state index is 14.0. The lowest BCUT2D eigenvalue weighted by Gasteiger charge is -2.31. The number of carbonyl (C=O) groups excluding carboxylic acids is 2. The number of pyridine rings is 2. The van der Waals surface area contributed by atoms with Crippen LogP contribution in [0.3, 0.4) is 0 Å². The van der Waals surface area contributed by atoms with Crippen molar-refractivity contribution in [2.45, 2.75) is 19.3 Å². The van der Waals surface area contributed by atoms with E-state index in [-0.39, 0.29) is 40.2 Å². The van der Waals surface area contributed by atoms with Crippen molar-refractivity contribution >= 4 is 34.7 Å². The standard InChI is InChI=1S/C24H23FN6O2/c1-26-24(33)17-11-27-20(30-23(32)13-6-7-13)9-19(17)29-18-5-3-4-16-21-14(8-15(25)10-28-21)12-31(2)22(16)18/h3-5,8-11,13H,6-7,12H2,1-2H3,(H,26,33)(H2,27,29,30,32)/i1D3,12D2. The second-order valence-corrected chi connectivity index (χ2v) is 7.88. The van der Waals surface area contributed by atoms with E-state index in [0.717, 1.165) is 31.3 Å². The van der Waals surface area contributed by atoms with Gasteiger partial charge in [0.2, 0.25) is 5.91 Å². The molecule has 0 bridgehead atoms. The average molecular weight is 452 g/mol. The van der Waals surface area contributed by atoms with Gasteiger partial charge in [-0.25, -0.2) is 9.37 Å². The fourth-order valence-electron chi connectivity index (χ4n) is 3.77. The van der Waals surface area contributed by atoms with Crippen LogP contribution in [0.5, 0.6) is 0 Å². The first-order chi connectivity index (χ1) is 17.8. The van der Waals surface area contributed by atoms with Gasteiger partial charge in [0.25, 0.3) is 5.91 Å². The first-order valence-electron chi connectivity index (χ1n) is 12.8. The molecule has 1 aromatic carbocycles. The maximum Gasteiger partial charge on any atom is 0.254 e. The Morgan fingerprint density at radius 3 is 2.85 bits per heavy atom. The Morgan fingerprint density at radius 1 is 1.21 bits per heavy atom. The highest BCUT2D eigenvalue weighted by Gasteiger charge is 2.30. The number of halogens is 1. The summed E-state index contributed by atoms with van der Waals surface area (Å²) in [5.74, 6) is -1.73. The van der Waals surface area contributed by atoms with Crippen LogP contribution >= 0.6 is 0 Å². The van der Waals surface area contributed by atoms with E-state index in [1.807, 2.05) is 5.32 Å². The lowest BCUT2D eigenvalue weighted by Crippen LogP contribution is -2.24. The van der Waals surface area contributed by atoms with Crippen LogP contribution in [-0.2, 0) is 11.3 Å². The largest absolute Gasteiger partial charge is 0.368 e. The summed E-state index contributed by atoms with van der Waals surface area (Å²) < 4.78 is 53.4. The fraction of sp³-hybridized carbons (Fsp3) is 0.250. The van der Waals surface area contributed by atoms with E-state index in [1.54, 1.807) is 18.2 Å². The van der Waals surface area contributed by atoms with E-state index in [2.05, 4.69) is 20.6 Å². The minimum absolute atomic E-state index is 0.0661. The molecule has 0 spiro atoms. The zero-order valence-electron chi connectivity index (χ0n) is 22.6. The van der Waals surface area contributed by atoms with Crippen LogP contribution in [0.25, 0.3) is 11.3 Å². The molecule has 1 saturated carbocycles. The highest BCUT2D eigenvalue weighted by molar-refractivity contribution is 6.02. The third kappa shape index (κ3) is 3.97. The summed E-state index contributed by atoms with van der Waals surface area (Å²) in [6, 6.07) is 7.56. The van der Waals surface area contributed by atoms with Gasteiger partial charge < -0.3 is 20.9 Å². The third-order valence-electron chi connectivity index (χ3n) is 5.50. The third-order valence-corrected chi connectivity index (χ3v) is 5.50. The number of fused-ring (bicyclic) bond motifs is 3. The van der Waals surface area contributed by atoms with Crippen molar-refractivity contribution in [3.63, 3.8) is 0 Å². The molecular weight excluding hydrogens is 423 g/mol. The number of hydrogen-bond donors (Lipinski definition) is 3. The van der Waals surface area contributed by atoms with Gasteiger partial charge in [0.15, 0.2) is 0 Å². The summed E-state index contributed by atoms with van der Waals surface area (Å²) in [6.07, 6.45) is 3.73. The zero-order chi connectivity index (χ0) is 27.4. The lowest BCUT2D eigenvalue weighted by molar-refractivity contribution is -0.117. The van der Waals surface area contributed by atoms with Gasteiger partial charge in [0.1, 0.15) is 11.6 Å². The molecule has 0 radical (unpaired) electrons. The molecule has 1 aliphatic carbocycles. The average Bonchev–Trinajstić information content (AvgIpc) is 3.67. The lowest BCUT2D eigenvalue weighted by atomic mass is 9.97. The molecule has 2 aliphatic rings. The molecule has 3 N–H and O–H groups in total. The predicted molar refractivity (Wildman–Crippen MR) is 124 cm³/mol. The van der Waals surface area contributed by atoms with E-state index in [1.165, 1.54) is 18.0 Å². The van der Waals surface area contributed by atoms with Crippen molar-refractivity contribution in [3.8, 4) is 11.3 Å². The number of hydrogen-bond acceptors (Lipinski definition) is 6. The molecule has 3 heterocycles. The quantitative estimate of drug-likeness (QED) is 0.547. The van der Waals surface area contributed by atoms with E-state index in [4.69, 9.17) is 6.85 Å². The van der Waals surface area contributed by atoms with Crippen molar-refractivity contribution in [2.24, 2.45) is 5.92 Å². The topological polar surface area (TPSA) is 99.2 Å². The Kier molecular flexibility index (Phi) is 3.89. The Labute approximate surface area is 197 Å². The number of benzene rings is 1. The molecule has 33 heavy (non-hydrogen) atoms. The Balaban J connectivity index is 1.60. The van der Waals surface area contributed by atoms with E-state index in [9.17, 15) is 14.0 Å². The SMILES string of the molecule is [2H]C([2H])([2H])NC(=O)c1cnc(NC(=O)C2CC2)cc1Nc1cccc2c1N(C)C([2H])([2H])c1cc(F)cnc1-2. The summed E-state index contributed by atoms with van der Waals surface area (Å²) in [6.45, 7) is -4.88. The van der Waals surface area contributed by atoms with Crippen LogP contribution in [-0.4, -0.2) is 35.8 Å². The Bertz CT molecular complexity index is 1460. The number of nitrogens with one attached hydrogen (secondary N) is 3. The normalized spacial score (nSPS) is 18.4. The summed E-state index contributed by atoms with van der Waals surface area (Å²) >= 11 is 0. The molecule has 0 unspecified atom stereocenters. The van der Waals surface area contributed by atoms with Gasteiger partial charge in [-0.05, 0) is 25.0 Å². The minimum Gasteiger partial charge on any atom is -0.368 e. The highest BCUT2D eigenvalue weighted by atomic mass is 19.1. The summed E-state index contributed by atoms with van der Waals surface area (Å²) in [5.41, 5.74) is 1.62. The second-order valence-electron chi connectivity index (χ2n) is 7.88. The number of nitrogens with zero attached hydrogens (tertiary/aromatic N) is 3. The maximum absolute atomic E-state index is 14.0. The number of aromatic nitrogens is 2. The molecule has 5 rings (SSSR count). The molecule has 3 aromatic rings. The summed E-state index contributed by atoms with van der Waals surface area (Å²) in [4.78, 5) is 34.7. The first kappa shape index (κ1) is 15.7. The van der Waals surface area contributed by atoms with Crippen molar-refractivity contribution in [3.05, 3.63) is 59.7 Å². The van der Waals surface area contributed by atoms with E-state index >= 15 is 0 Å². The summed E-state index contributed by atoms with van der Waals surface area (Å²) in [7, 11) is 1.51. The van der Waals surface area contributed by atoms with Crippen LogP contribution < -0.4 is 20.9 Å². The molecular formula is C24H23FN6O2. The first-order valence-corrected chi connectivity index (χ1v) is 10.3. The minimum atomic E-state index is -2.75. The van der Waals surface area contributed by atoms with Gasteiger partial charge in [-0.3, -0.25) is 14.6 Å². The molecule has 8 nitrogen and oxygen atoms in total. The smallest absolute Gasteiger partial charge is 0.254 e. The van der Waals surface area contributed by atoms with Crippen molar-refractivity contribution in [2.75, 3.05) is 29.6 Å². The van der Waals surface area contributed by atoms with Crippen molar-refractivity contribution < 1.29 is 20.8 Å². The molecule has 1 aliphatic heterocycles. The number of amides is 2. The fourth-order valence-corrected chi connectivity index (χ4v) is 3.77.